The summed E-state index contributed by atoms with van der Waals surface area (Å²) in [5.74, 6) is 0.765. The summed E-state index contributed by atoms with van der Waals surface area (Å²) in [5.41, 5.74) is 1.52. The molecule has 0 spiro atoms. The van der Waals surface area contributed by atoms with E-state index >= 15 is 0 Å². The minimum Gasteiger partial charge on any atom is -0.419 e. The lowest BCUT2D eigenvalue weighted by atomic mass is 10.1. The number of benzene rings is 2. The summed E-state index contributed by atoms with van der Waals surface area (Å²) in [6.07, 6.45) is 2.14. The number of halogens is 3. The third-order valence-electron chi connectivity index (χ3n) is 4.53. The summed E-state index contributed by atoms with van der Waals surface area (Å²) < 4.78 is 5.76. The number of carbonyl (C=O) groups excluding carboxylic acids is 1. The third kappa shape index (κ3) is 4.49. The number of hydrogen-bond donors (Lipinski definition) is 0. The Hall–Kier alpha value is -2.08. The summed E-state index contributed by atoms with van der Waals surface area (Å²) in [4.78, 5) is 14.7. The zero-order valence-corrected chi connectivity index (χ0v) is 17.0. The summed E-state index contributed by atoms with van der Waals surface area (Å²) in [5, 5.41) is 9.84. The van der Waals surface area contributed by atoms with Gasteiger partial charge < -0.3 is 9.32 Å². The molecule has 0 aliphatic heterocycles. The van der Waals surface area contributed by atoms with Crippen LogP contribution in [0.2, 0.25) is 15.1 Å². The van der Waals surface area contributed by atoms with Crippen LogP contribution >= 0.6 is 34.8 Å². The van der Waals surface area contributed by atoms with Crippen LogP contribution in [0.3, 0.4) is 0 Å². The van der Waals surface area contributed by atoms with E-state index in [0.29, 0.717) is 26.8 Å². The van der Waals surface area contributed by atoms with Crippen molar-refractivity contribution in [2.45, 2.75) is 31.8 Å². The second-order valence-electron chi connectivity index (χ2n) is 6.67. The van der Waals surface area contributed by atoms with Gasteiger partial charge in [0.25, 0.3) is 0 Å². The molecule has 0 bridgehead atoms. The molecule has 0 atom stereocenters. The molecule has 1 heterocycles. The molecule has 1 aliphatic carbocycles. The van der Waals surface area contributed by atoms with E-state index < -0.39 is 0 Å². The highest BCUT2D eigenvalue weighted by molar-refractivity contribution is 6.35. The zero-order chi connectivity index (χ0) is 19.7. The van der Waals surface area contributed by atoms with E-state index in [2.05, 4.69) is 10.2 Å². The summed E-state index contributed by atoms with van der Waals surface area (Å²) in [6.45, 7) is 0.273. The van der Waals surface area contributed by atoms with Gasteiger partial charge in [0.2, 0.25) is 17.7 Å². The van der Waals surface area contributed by atoms with Gasteiger partial charge in [-0.3, -0.25) is 4.79 Å². The molecular formula is C20H16Cl3N3O2. The molecule has 2 aromatic carbocycles. The van der Waals surface area contributed by atoms with Gasteiger partial charge in [-0.05, 0) is 54.8 Å². The molecule has 28 heavy (non-hydrogen) atoms. The van der Waals surface area contributed by atoms with E-state index in [1.807, 2.05) is 12.1 Å². The summed E-state index contributed by atoms with van der Waals surface area (Å²) in [6, 6.07) is 12.5. The van der Waals surface area contributed by atoms with Crippen LogP contribution in [0.25, 0.3) is 11.5 Å². The Morgan fingerprint density at radius 3 is 2.43 bits per heavy atom. The van der Waals surface area contributed by atoms with Crippen molar-refractivity contribution < 1.29 is 9.21 Å². The quantitative estimate of drug-likeness (QED) is 0.517. The average molecular weight is 437 g/mol. The van der Waals surface area contributed by atoms with Crippen molar-refractivity contribution in [2.24, 2.45) is 0 Å². The first-order valence-corrected chi connectivity index (χ1v) is 9.95. The second-order valence-corrected chi connectivity index (χ2v) is 7.95. The maximum Gasteiger partial charge on any atom is 0.247 e. The Bertz CT molecular complexity index is 1000. The predicted octanol–water partition coefficient (Wildman–Crippen LogP) is 5.43. The van der Waals surface area contributed by atoms with Crippen LogP contribution < -0.4 is 0 Å². The van der Waals surface area contributed by atoms with Crippen molar-refractivity contribution in [3.8, 4) is 11.5 Å². The standard InChI is InChI=1S/C20H16Cl3N3O2/c21-14-4-1-12(2-5-14)20-25-24-18(28-20)11-26(16-7-8-16)19(27)9-13-3-6-15(22)10-17(13)23/h1-6,10,16H,7-9,11H2. The fourth-order valence-corrected chi connectivity index (χ4v) is 3.51. The van der Waals surface area contributed by atoms with Crippen LogP contribution in [0.15, 0.2) is 46.9 Å². The molecule has 5 nitrogen and oxygen atoms in total. The number of amides is 1. The van der Waals surface area contributed by atoms with Crippen LogP contribution in [0.1, 0.15) is 24.3 Å². The normalized spacial score (nSPS) is 13.5. The third-order valence-corrected chi connectivity index (χ3v) is 5.37. The van der Waals surface area contributed by atoms with E-state index in [-0.39, 0.29) is 24.9 Å². The maximum atomic E-state index is 12.9. The molecule has 1 amide bonds. The first-order valence-electron chi connectivity index (χ1n) is 8.81. The van der Waals surface area contributed by atoms with Gasteiger partial charge in [-0.2, -0.15) is 0 Å². The lowest BCUT2D eigenvalue weighted by Crippen LogP contribution is -2.34. The molecule has 1 fully saturated rings. The van der Waals surface area contributed by atoms with Crippen LogP contribution in [0.5, 0.6) is 0 Å². The molecule has 3 aromatic rings. The minimum absolute atomic E-state index is 0.0297. The van der Waals surface area contributed by atoms with E-state index in [0.717, 1.165) is 24.0 Å². The van der Waals surface area contributed by atoms with E-state index in [9.17, 15) is 4.79 Å². The number of carbonyl (C=O) groups is 1. The average Bonchev–Trinajstić information content (AvgIpc) is 3.40. The highest BCUT2D eigenvalue weighted by Crippen LogP contribution is 2.30. The lowest BCUT2D eigenvalue weighted by molar-refractivity contribution is -0.132. The van der Waals surface area contributed by atoms with Gasteiger partial charge in [-0.15, -0.1) is 10.2 Å². The lowest BCUT2D eigenvalue weighted by Gasteiger charge is -2.21. The van der Waals surface area contributed by atoms with Gasteiger partial charge in [0.1, 0.15) is 0 Å². The van der Waals surface area contributed by atoms with E-state index in [1.54, 1.807) is 35.2 Å². The molecule has 144 valence electrons. The van der Waals surface area contributed by atoms with E-state index in [4.69, 9.17) is 39.2 Å². The van der Waals surface area contributed by atoms with Crippen molar-refractivity contribution in [1.82, 2.24) is 15.1 Å². The van der Waals surface area contributed by atoms with Crippen LogP contribution in [-0.4, -0.2) is 27.0 Å². The molecule has 0 N–H and O–H groups in total. The summed E-state index contributed by atoms with van der Waals surface area (Å²) >= 11 is 18.0. The van der Waals surface area contributed by atoms with Gasteiger partial charge in [0.15, 0.2) is 0 Å². The number of hydrogen-bond acceptors (Lipinski definition) is 4. The van der Waals surface area contributed by atoms with Crippen molar-refractivity contribution in [3.05, 3.63) is 69.0 Å². The molecular weight excluding hydrogens is 421 g/mol. The van der Waals surface area contributed by atoms with Crippen LogP contribution in [-0.2, 0) is 17.8 Å². The van der Waals surface area contributed by atoms with Crippen molar-refractivity contribution >= 4 is 40.7 Å². The Labute approximate surface area is 177 Å². The first kappa shape index (κ1) is 19.2. The maximum absolute atomic E-state index is 12.9. The number of nitrogens with zero attached hydrogens (tertiary/aromatic N) is 3. The highest BCUT2D eigenvalue weighted by atomic mass is 35.5. The predicted molar refractivity (Wildman–Crippen MR) is 108 cm³/mol. The fraction of sp³-hybridized carbons (Fsp3) is 0.250. The molecule has 0 unspecified atom stereocenters. The highest BCUT2D eigenvalue weighted by Gasteiger charge is 2.33. The van der Waals surface area contributed by atoms with Crippen LogP contribution in [0, 0.1) is 0 Å². The molecule has 1 saturated carbocycles. The SMILES string of the molecule is O=C(Cc1ccc(Cl)cc1Cl)N(Cc1nnc(-c2ccc(Cl)cc2)o1)C1CC1. The Morgan fingerprint density at radius 2 is 1.75 bits per heavy atom. The van der Waals surface area contributed by atoms with Gasteiger partial charge in [-0.1, -0.05) is 40.9 Å². The molecule has 0 saturated heterocycles. The van der Waals surface area contributed by atoms with E-state index in [1.165, 1.54) is 0 Å². The van der Waals surface area contributed by atoms with Crippen LogP contribution in [0.4, 0.5) is 0 Å². The summed E-state index contributed by atoms with van der Waals surface area (Å²) in [7, 11) is 0. The molecule has 4 rings (SSSR count). The number of rotatable bonds is 6. The van der Waals surface area contributed by atoms with Gasteiger partial charge in [0, 0.05) is 26.7 Å². The van der Waals surface area contributed by atoms with Gasteiger partial charge >= 0.3 is 0 Å². The zero-order valence-electron chi connectivity index (χ0n) is 14.7. The molecule has 1 aliphatic rings. The fourth-order valence-electron chi connectivity index (χ4n) is 2.91. The Balaban J connectivity index is 1.48. The topological polar surface area (TPSA) is 59.2 Å². The molecule has 8 heteroatoms. The van der Waals surface area contributed by atoms with Crippen molar-refractivity contribution in [2.75, 3.05) is 0 Å². The minimum atomic E-state index is -0.0297. The second kappa shape index (κ2) is 8.11. The smallest absolute Gasteiger partial charge is 0.247 e. The Morgan fingerprint density at radius 1 is 1.04 bits per heavy atom. The largest absolute Gasteiger partial charge is 0.419 e. The van der Waals surface area contributed by atoms with Crippen molar-refractivity contribution in [3.63, 3.8) is 0 Å². The first-order chi connectivity index (χ1) is 13.5. The Kier molecular flexibility index (Phi) is 5.58. The van der Waals surface area contributed by atoms with Crippen molar-refractivity contribution in [1.29, 1.82) is 0 Å². The number of aromatic nitrogens is 2. The van der Waals surface area contributed by atoms with Gasteiger partial charge in [-0.25, -0.2) is 0 Å². The molecule has 1 aromatic heterocycles. The monoisotopic (exact) mass is 435 g/mol. The van der Waals surface area contributed by atoms with Gasteiger partial charge in [0.05, 0.1) is 13.0 Å². The molecule has 0 radical (unpaired) electrons.